The molecule has 2 aromatic heterocycles. The molecule has 4 heterocycles. The Bertz CT molecular complexity index is 929. The standard InChI is InChI=1S/C16H16F4N6O2/c17-12-7-3-22-15(27)11(7)14(26-4-10(23-6-26)16(18,19)20)25-13(12)24-9-1-2-28-5-8(9)21/h4,6,8-9H,1-3,5,21H2,(H,22,27)(H,24,25)/t8-,9?/m0/s1. The minimum atomic E-state index is -4.66. The number of pyridine rings is 1. The van der Waals surface area contributed by atoms with Crippen LogP contribution in [-0.4, -0.2) is 45.7 Å². The molecule has 2 aliphatic rings. The molecule has 0 radical (unpaired) electrons. The van der Waals surface area contributed by atoms with Gasteiger partial charge in [0.15, 0.2) is 23.1 Å². The summed E-state index contributed by atoms with van der Waals surface area (Å²) in [4.78, 5) is 19.5. The first-order valence-electron chi connectivity index (χ1n) is 8.47. The zero-order valence-corrected chi connectivity index (χ0v) is 14.4. The number of imidazole rings is 1. The number of ether oxygens (including phenoxy) is 1. The SMILES string of the molecule is N[C@H]1COCCC1Nc1nc(-n2cnc(C(F)(F)F)c2)c2c(c1F)CNC2=O. The number of alkyl halides is 3. The van der Waals surface area contributed by atoms with Crippen molar-refractivity contribution in [1.29, 1.82) is 0 Å². The highest BCUT2D eigenvalue weighted by atomic mass is 19.4. The number of anilines is 1. The summed E-state index contributed by atoms with van der Waals surface area (Å²) in [6.07, 6.45) is -2.56. The highest BCUT2D eigenvalue weighted by Crippen LogP contribution is 2.32. The van der Waals surface area contributed by atoms with Crippen LogP contribution in [-0.2, 0) is 17.5 Å². The van der Waals surface area contributed by atoms with Crippen molar-refractivity contribution >= 4 is 11.7 Å². The number of nitrogens with one attached hydrogen (secondary N) is 2. The zero-order valence-electron chi connectivity index (χ0n) is 14.4. The van der Waals surface area contributed by atoms with Crippen LogP contribution in [0.15, 0.2) is 12.5 Å². The maximum Gasteiger partial charge on any atom is 0.434 e. The van der Waals surface area contributed by atoms with E-state index in [0.29, 0.717) is 19.2 Å². The van der Waals surface area contributed by atoms with E-state index in [1.54, 1.807) is 0 Å². The quantitative estimate of drug-likeness (QED) is 0.669. The van der Waals surface area contributed by atoms with Crippen molar-refractivity contribution < 1.29 is 27.1 Å². The van der Waals surface area contributed by atoms with Gasteiger partial charge in [-0.2, -0.15) is 13.2 Å². The smallest absolute Gasteiger partial charge is 0.380 e. The van der Waals surface area contributed by atoms with Crippen molar-refractivity contribution in [3.05, 3.63) is 35.2 Å². The lowest BCUT2D eigenvalue weighted by atomic mass is 10.0. The molecule has 2 aromatic rings. The first kappa shape index (κ1) is 18.6. The first-order chi connectivity index (χ1) is 13.3. The normalized spacial score (nSPS) is 22.1. The summed E-state index contributed by atoms with van der Waals surface area (Å²) in [5.41, 5.74) is 4.73. The van der Waals surface area contributed by atoms with Crippen molar-refractivity contribution in [1.82, 2.24) is 19.9 Å². The summed E-state index contributed by atoms with van der Waals surface area (Å²) in [5, 5.41) is 5.37. The van der Waals surface area contributed by atoms with Gasteiger partial charge in [-0.15, -0.1) is 0 Å². The van der Waals surface area contributed by atoms with Gasteiger partial charge in [-0.05, 0) is 6.42 Å². The predicted octanol–water partition coefficient (Wildman–Crippen LogP) is 1.20. The Morgan fingerprint density at radius 1 is 1.39 bits per heavy atom. The Balaban J connectivity index is 1.78. The van der Waals surface area contributed by atoms with E-state index in [1.807, 2.05) is 0 Å². The van der Waals surface area contributed by atoms with Gasteiger partial charge in [-0.1, -0.05) is 0 Å². The lowest BCUT2D eigenvalue weighted by Gasteiger charge is -2.30. The van der Waals surface area contributed by atoms with E-state index in [0.717, 1.165) is 10.9 Å². The highest BCUT2D eigenvalue weighted by molar-refractivity contribution is 6.01. The number of fused-ring (bicyclic) bond motifs is 1. The molecule has 1 fully saturated rings. The molecule has 2 aliphatic heterocycles. The molecule has 8 nitrogen and oxygen atoms in total. The molecule has 4 N–H and O–H groups in total. The fourth-order valence-corrected chi connectivity index (χ4v) is 3.24. The van der Waals surface area contributed by atoms with Crippen LogP contribution >= 0.6 is 0 Å². The lowest BCUT2D eigenvalue weighted by molar-refractivity contribution is -0.140. The van der Waals surface area contributed by atoms with Crippen LogP contribution in [0.1, 0.15) is 28.0 Å². The molecule has 0 spiro atoms. The summed E-state index contributed by atoms with van der Waals surface area (Å²) in [7, 11) is 0. The summed E-state index contributed by atoms with van der Waals surface area (Å²) in [6, 6.07) is -0.739. The summed E-state index contributed by atoms with van der Waals surface area (Å²) >= 11 is 0. The van der Waals surface area contributed by atoms with E-state index in [1.165, 1.54) is 0 Å². The van der Waals surface area contributed by atoms with Crippen molar-refractivity contribution in [2.75, 3.05) is 18.5 Å². The Kier molecular flexibility index (Phi) is 4.46. The van der Waals surface area contributed by atoms with Crippen LogP contribution in [0.5, 0.6) is 0 Å². The monoisotopic (exact) mass is 400 g/mol. The van der Waals surface area contributed by atoms with Gasteiger partial charge < -0.3 is 21.1 Å². The maximum absolute atomic E-state index is 14.9. The van der Waals surface area contributed by atoms with Gasteiger partial charge in [-0.25, -0.2) is 14.4 Å². The highest BCUT2D eigenvalue weighted by Gasteiger charge is 2.36. The zero-order chi connectivity index (χ0) is 20.1. The molecule has 150 valence electrons. The molecule has 1 amide bonds. The molecule has 0 bridgehead atoms. The van der Waals surface area contributed by atoms with Crippen LogP contribution < -0.4 is 16.4 Å². The van der Waals surface area contributed by atoms with E-state index in [2.05, 4.69) is 20.6 Å². The van der Waals surface area contributed by atoms with E-state index < -0.39 is 29.6 Å². The lowest BCUT2D eigenvalue weighted by Crippen LogP contribution is -2.48. The number of nitrogens with two attached hydrogens (primary N) is 1. The number of carbonyl (C=O) groups is 1. The number of halogens is 4. The fraction of sp³-hybridized carbons (Fsp3) is 0.438. The second-order valence-electron chi connectivity index (χ2n) is 6.58. The van der Waals surface area contributed by atoms with Gasteiger partial charge in [0, 0.05) is 37.0 Å². The van der Waals surface area contributed by atoms with E-state index >= 15 is 0 Å². The van der Waals surface area contributed by atoms with Gasteiger partial charge in [0.1, 0.15) is 6.33 Å². The van der Waals surface area contributed by atoms with E-state index in [4.69, 9.17) is 10.5 Å². The number of carbonyl (C=O) groups excluding carboxylic acids is 1. The van der Waals surface area contributed by atoms with Gasteiger partial charge in [-0.3, -0.25) is 9.36 Å². The van der Waals surface area contributed by atoms with Gasteiger partial charge in [0.2, 0.25) is 0 Å². The van der Waals surface area contributed by atoms with Crippen molar-refractivity contribution in [2.45, 2.75) is 31.2 Å². The number of rotatable bonds is 3. The molecule has 1 unspecified atom stereocenters. The second kappa shape index (κ2) is 6.71. The summed E-state index contributed by atoms with van der Waals surface area (Å²) in [6.45, 7) is 0.625. The molecule has 12 heteroatoms. The molecule has 2 atom stereocenters. The Labute approximate surface area is 156 Å². The molecule has 4 rings (SSSR count). The minimum absolute atomic E-state index is 0.0281. The Morgan fingerprint density at radius 2 is 2.18 bits per heavy atom. The summed E-state index contributed by atoms with van der Waals surface area (Å²) in [5.74, 6) is -1.69. The van der Waals surface area contributed by atoms with Gasteiger partial charge >= 0.3 is 6.18 Å². The first-order valence-corrected chi connectivity index (χ1v) is 8.47. The van der Waals surface area contributed by atoms with Crippen LogP contribution in [0.2, 0.25) is 0 Å². The van der Waals surface area contributed by atoms with E-state index in [9.17, 15) is 22.4 Å². The second-order valence-corrected chi connectivity index (χ2v) is 6.58. The average molecular weight is 400 g/mol. The van der Waals surface area contributed by atoms with E-state index in [-0.39, 0.29) is 42.0 Å². The number of amides is 1. The molecule has 1 saturated heterocycles. The van der Waals surface area contributed by atoms with Gasteiger partial charge in [0.05, 0.1) is 12.2 Å². The van der Waals surface area contributed by atoms with Crippen LogP contribution in [0, 0.1) is 5.82 Å². The number of hydrogen-bond acceptors (Lipinski definition) is 6. The van der Waals surface area contributed by atoms with Crippen molar-refractivity contribution in [3.63, 3.8) is 0 Å². The molecule has 28 heavy (non-hydrogen) atoms. The number of aromatic nitrogens is 3. The molecular formula is C16H16F4N6O2. The van der Waals surface area contributed by atoms with Crippen molar-refractivity contribution in [2.24, 2.45) is 5.73 Å². The molecule has 0 saturated carbocycles. The third-order valence-electron chi connectivity index (χ3n) is 4.71. The average Bonchev–Trinajstić information content (AvgIpc) is 3.27. The molecular weight excluding hydrogens is 384 g/mol. The number of nitrogens with zero attached hydrogens (tertiary/aromatic N) is 3. The van der Waals surface area contributed by atoms with Gasteiger partial charge in [0.25, 0.3) is 5.91 Å². The van der Waals surface area contributed by atoms with Crippen molar-refractivity contribution in [3.8, 4) is 5.82 Å². The largest absolute Gasteiger partial charge is 0.434 e. The third kappa shape index (κ3) is 3.18. The molecule has 0 aromatic carbocycles. The Hall–Kier alpha value is -2.73. The fourth-order valence-electron chi connectivity index (χ4n) is 3.24. The molecule has 0 aliphatic carbocycles. The maximum atomic E-state index is 14.9. The third-order valence-corrected chi connectivity index (χ3v) is 4.71. The Morgan fingerprint density at radius 3 is 2.86 bits per heavy atom. The van der Waals surface area contributed by atoms with Crippen LogP contribution in [0.3, 0.4) is 0 Å². The van der Waals surface area contributed by atoms with Crippen LogP contribution in [0.4, 0.5) is 23.4 Å². The van der Waals surface area contributed by atoms with Crippen LogP contribution in [0.25, 0.3) is 5.82 Å². The minimum Gasteiger partial charge on any atom is -0.380 e. The predicted molar refractivity (Wildman–Crippen MR) is 88.3 cm³/mol. The topological polar surface area (TPSA) is 107 Å². The summed E-state index contributed by atoms with van der Waals surface area (Å²) < 4.78 is 59.8. The number of hydrogen-bond donors (Lipinski definition) is 3.